The molecule has 0 rings (SSSR count). The topological polar surface area (TPSA) is 29.5 Å². The van der Waals surface area contributed by atoms with Gasteiger partial charge in [0.1, 0.15) is 0 Å². The quantitative estimate of drug-likeness (QED) is 0.636. The van der Waals surface area contributed by atoms with E-state index >= 15 is 0 Å². The van der Waals surface area contributed by atoms with Crippen molar-refractivity contribution < 1.29 is 9.53 Å². The van der Waals surface area contributed by atoms with Crippen molar-refractivity contribution in [2.45, 2.75) is 33.6 Å². The van der Waals surface area contributed by atoms with Gasteiger partial charge in [-0.2, -0.15) is 0 Å². The zero-order valence-corrected chi connectivity index (χ0v) is 10.1. The number of carbonyl (C=O) groups excluding carboxylic acids is 1. The fraction of sp³-hybridized carbons (Fsp3) is 0.909. The van der Waals surface area contributed by atoms with Crippen molar-refractivity contribution in [2.75, 3.05) is 27.2 Å². The predicted molar refractivity (Wildman–Crippen MR) is 58.2 cm³/mol. The predicted octanol–water partition coefficient (Wildman–Crippen LogP) is 1.92. The van der Waals surface area contributed by atoms with Crippen molar-refractivity contribution in [3.8, 4) is 0 Å². The average Bonchev–Trinajstić information content (AvgIpc) is 1.98. The molecule has 0 radical (unpaired) electrons. The molecule has 0 saturated carbocycles. The Kier molecular flexibility index (Phi) is 5.77. The normalized spacial score (nSPS) is 11.9. The first-order chi connectivity index (χ1) is 6.31. The second-order valence-electron chi connectivity index (χ2n) is 5.08. The molecule has 0 aliphatic carbocycles. The van der Waals surface area contributed by atoms with Gasteiger partial charge in [0.15, 0.2) is 0 Å². The Bertz CT molecular complexity index is 171. The third kappa shape index (κ3) is 9.52. The summed E-state index contributed by atoms with van der Waals surface area (Å²) in [4.78, 5) is 13.2. The lowest BCUT2D eigenvalue weighted by atomic mass is 9.93. The van der Waals surface area contributed by atoms with Gasteiger partial charge in [-0.1, -0.05) is 20.8 Å². The van der Waals surface area contributed by atoms with Crippen molar-refractivity contribution in [1.29, 1.82) is 0 Å². The first kappa shape index (κ1) is 13.4. The van der Waals surface area contributed by atoms with Crippen LogP contribution >= 0.6 is 0 Å². The summed E-state index contributed by atoms with van der Waals surface area (Å²) in [6.07, 6.45) is 1.40. The summed E-state index contributed by atoms with van der Waals surface area (Å²) in [5.41, 5.74) is 0.238. The molecule has 0 aromatic carbocycles. The Balaban J connectivity index is 3.46. The maximum Gasteiger partial charge on any atom is 0.307 e. The Morgan fingerprint density at radius 2 is 1.86 bits per heavy atom. The highest BCUT2D eigenvalue weighted by Crippen LogP contribution is 2.17. The first-order valence-electron chi connectivity index (χ1n) is 5.11. The molecule has 0 aromatic rings. The van der Waals surface area contributed by atoms with E-state index in [2.05, 4.69) is 20.8 Å². The zero-order valence-electron chi connectivity index (χ0n) is 10.1. The number of rotatable bonds is 5. The molecule has 0 aliphatic heterocycles. The summed E-state index contributed by atoms with van der Waals surface area (Å²) >= 11 is 0. The highest BCUT2D eigenvalue weighted by molar-refractivity contribution is 5.69. The lowest BCUT2D eigenvalue weighted by molar-refractivity contribution is -0.144. The molecule has 0 aliphatic rings. The molecule has 0 unspecified atom stereocenters. The number of carbonyl (C=O) groups is 1. The molecule has 0 spiro atoms. The molecule has 84 valence electrons. The van der Waals surface area contributed by atoms with Gasteiger partial charge < -0.3 is 9.64 Å². The number of nitrogens with zero attached hydrogens (tertiary/aromatic N) is 1. The van der Waals surface area contributed by atoms with Crippen LogP contribution in [0.25, 0.3) is 0 Å². The lowest BCUT2D eigenvalue weighted by Gasteiger charge is -2.17. The van der Waals surface area contributed by atoms with E-state index in [9.17, 15) is 4.79 Å². The molecule has 0 amide bonds. The molecular weight excluding hydrogens is 178 g/mol. The Labute approximate surface area is 87.4 Å². The van der Waals surface area contributed by atoms with E-state index < -0.39 is 0 Å². The smallest absolute Gasteiger partial charge is 0.307 e. The summed E-state index contributed by atoms with van der Waals surface area (Å²) in [7, 11) is 3.89. The van der Waals surface area contributed by atoms with Crippen LogP contribution in [0.4, 0.5) is 0 Å². The number of esters is 1. The van der Waals surface area contributed by atoms with Crippen LogP contribution in [0.5, 0.6) is 0 Å². The summed E-state index contributed by atoms with van der Waals surface area (Å²) in [5, 5.41) is 0. The van der Waals surface area contributed by atoms with Crippen molar-refractivity contribution in [1.82, 2.24) is 4.90 Å². The molecule has 0 fully saturated rings. The third-order valence-electron chi connectivity index (χ3n) is 1.88. The monoisotopic (exact) mass is 201 g/mol. The molecule has 3 nitrogen and oxygen atoms in total. The van der Waals surface area contributed by atoms with E-state index in [1.165, 1.54) is 0 Å². The molecule has 0 N–H and O–H groups in total. The average molecular weight is 201 g/mol. The minimum absolute atomic E-state index is 0.0945. The molecular formula is C11H23NO2. The van der Waals surface area contributed by atoms with Crippen LogP contribution in [0.15, 0.2) is 0 Å². The molecule has 0 heterocycles. The van der Waals surface area contributed by atoms with Gasteiger partial charge >= 0.3 is 5.97 Å². The van der Waals surface area contributed by atoms with Gasteiger partial charge in [-0.3, -0.25) is 4.79 Å². The highest BCUT2D eigenvalue weighted by atomic mass is 16.5. The van der Waals surface area contributed by atoms with Crippen LogP contribution in [0.2, 0.25) is 0 Å². The van der Waals surface area contributed by atoms with Crippen molar-refractivity contribution in [3.05, 3.63) is 0 Å². The van der Waals surface area contributed by atoms with Gasteiger partial charge in [-0.25, -0.2) is 0 Å². The third-order valence-corrected chi connectivity index (χ3v) is 1.88. The number of ether oxygens (including phenoxy) is 1. The molecule has 14 heavy (non-hydrogen) atoms. The van der Waals surface area contributed by atoms with E-state index in [-0.39, 0.29) is 11.4 Å². The summed E-state index contributed by atoms with van der Waals surface area (Å²) < 4.78 is 5.10. The van der Waals surface area contributed by atoms with Crippen LogP contribution in [0, 0.1) is 5.41 Å². The zero-order chi connectivity index (χ0) is 11.2. The van der Waals surface area contributed by atoms with Gasteiger partial charge in [0.2, 0.25) is 0 Å². The van der Waals surface area contributed by atoms with E-state index in [1.54, 1.807) is 0 Å². The largest absolute Gasteiger partial charge is 0.466 e. The van der Waals surface area contributed by atoms with E-state index in [0.717, 1.165) is 13.0 Å². The fourth-order valence-electron chi connectivity index (χ4n) is 0.858. The second-order valence-corrected chi connectivity index (χ2v) is 5.08. The van der Waals surface area contributed by atoms with E-state index in [1.807, 2.05) is 19.0 Å². The molecule has 0 aromatic heterocycles. The first-order valence-corrected chi connectivity index (χ1v) is 5.11. The van der Waals surface area contributed by atoms with Gasteiger partial charge in [-0.15, -0.1) is 0 Å². The molecule has 0 saturated heterocycles. The van der Waals surface area contributed by atoms with E-state index in [4.69, 9.17) is 4.74 Å². The van der Waals surface area contributed by atoms with Crippen molar-refractivity contribution in [3.63, 3.8) is 0 Å². The summed E-state index contributed by atoms with van der Waals surface area (Å²) in [5.74, 6) is -0.0945. The van der Waals surface area contributed by atoms with Gasteiger partial charge in [0, 0.05) is 6.54 Å². The van der Waals surface area contributed by atoms with Gasteiger partial charge in [0.25, 0.3) is 0 Å². The standard InChI is InChI=1S/C11H23NO2/c1-11(2,3)7-9-14-10(13)6-8-12(4)5/h6-9H2,1-5H3. The molecule has 3 heteroatoms. The lowest BCUT2D eigenvalue weighted by Crippen LogP contribution is -2.19. The van der Waals surface area contributed by atoms with Crippen molar-refractivity contribution >= 4 is 5.97 Å². The number of hydrogen-bond acceptors (Lipinski definition) is 3. The van der Waals surface area contributed by atoms with Crippen LogP contribution in [0.3, 0.4) is 0 Å². The van der Waals surface area contributed by atoms with Crippen LogP contribution in [-0.4, -0.2) is 38.1 Å². The summed E-state index contributed by atoms with van der Waals surface area (Å²) in [6, 6.07) is 0. The molecule has 0 bridgehead atoms. The Morgan fingerprint density at radius 1 is 1.29 bits per heavy atom. The van der Waals surface area contributed by atoms with Crippen LogP contribution in [0.1, 0.15) is 33.6 Å². The summed E-state index contributed by atoms with van der Waals surface area (Å²) in [6.45, 7) is 7.71. The molecule has 0 atom stereocenters. The van der Waals surface area contributed by atoms with Crippen LogP contribution < -0.4 is 0 Å². The van der Waals surface area contributed by atoms with Gasteiger partial charge in [-0.05, 0) is 25.9 Å². The Hall–Kier alpha value is -0.570. The fourth-order valence-corrected chi connectivity index (χ4v) is 0.858. The maximum absolute atomic E-state index is 11.2. The number of hydrogen-bond donors (Lipinski definition) is 0. The van der Waals surface area contributed by atoms with Crippen LogP contribution in [-0.2, 0) is 9.53 Å². The van der Waals surface area contributed by atoms with E-state index in [0.29, 0.717) is 13.0 Å². The second kappa shape index (κ2) is 6.02. The minimum atomic E-state index is -0.0945. The Morgan fingerprint density at radius 3 is 2.29 bits per heavy atom. The van der Waals surface area contributed by atoms with Gasteiger partial charge in [0.05, 0.1) is 13.0 Å². The maximum atomic E-state index is 11.2. The highest BCUT2D eigenvalue weighted by Gasteiger charge is 2.11. The minimum Gasteiger partial charge on any atom is -0.466 e. The van der Waals surface area contributed by atoms with Crippen molar-refractivity contribution in [2.24, 2.45) is 5.41 Å². The SMILES string of the molecule is CN(C)CCC(=O)OCCC(C)(C)C.